The van der Waals surface area contributed by atoms with Crippen molar-refractivity contribution in [3.8, 4) is 17.2 Å². The molecule has 162 valence electrons. The predicted octanol–water partition coefficient (Wildman–Crippen LogP) is 5.46. The molecule has 3 rings (SSSR count). The molecule has 0 saturated carbocycles. The van der Waals surface area contributed by atoms with Crippen molar-refractivity contribution in [2.75, 3.05) is 0 Å². The maximum atomic E-state index is 13.9. The molecule has 3 aromatic rings. The van der Waals surface area contributed by atoms with Gasteiger partial charge in [0.25, 0.3) is 0 Å². The molecule has 0 atom stereocenters. The van der Waals surface area contributed by atoms with E-state index in [0.29, 0.717) is 12.1 Å². The molecule has 0 aliphatic carbocycles. The Kier molecular flexibility index (Phi) is 6.23. The minimum absolute atomic E-state index is 0.134. The summed E-state index contributed by atoms with van der Waals surface area (Å²) < 4.78 is 136. The molecule has 0 fully saturated rings. The number of benzene rings is 3. The van der Waals surface area contributed by atoms with Crippen LogP contribution in [0.4, 0.5) is 39.5 Å². The maximum absolute atomic E-state index is 13.9. The quantitative estimate of drug-likeness (QED) is 0.215. The zero-order valence-corrected chi connectivity index (χ0v) is 14.7. The highest BCUT2D eigenvalue weighted by molar-refractivity contribution is 6.39. The van der Waals surface area contributed by atoms with Crippen molar-refractivity contribution in [1.82, 2.24) is 0 Å². The smallest absolute Gasteiger partial charge is 0.487 e. The van der Waals surface area contributed by atoms with Crippen LogP contribution in [0, 0.1) is 52.4 Å². The van der Waals surface area contributed by atoms with E-state index >= 15 is 0 Å². The van der Waals surface area contributed by atoms with Gasteiger partial charge in [0.1, 0.15) is 28.9 Å². The van der Waals surface area contributed by atoms with Gasteiger partial charge in [-0.3, -0.25) is 0 Å². The Bertz CT molecular complexity index is 1080. The third kappa shape index (κ3) is 4.81. The van der Waals surface area contributed by atoms with Crippen molar-refractivity contribution >= 4 is 7.32 Å². The second-order valence-electron chi connectivity index (χ2n) is 5.72. The van der Waals surface area contributed by atoms with Crippen molar-refractivity contribution in [3.63, 3.8) is 0 Å². The van der Waals surface area contributed by atoms with E-state index in [1.165, 1.54) is 0 Å². The van der Waals surface area contributed by atoms with Crippen LogP contribution in [-0.4, -0.2) is 7.32 Å². The lowest BCUT2D eigenvalue weighted by molar-refractivity contribution is 0.278. The van der Waals surface area contributed by atoms with Gasteiger partial charge in [-0.05, 0) is 12.1 Å². The van der Waals surface area contributed by atoms with Crippen molar-refractivity contribution in [3.05, 3.63) is 88.8 Å². The summed E-state index contributed by atoms with van der Waals surface area (Å²) >= 11 is 0. The zero-order valence-electron chi connectivity index (χ0n) is 14.7. The lowest BCUT2D eigenvalue weighted by Gasteiger charge is -2.18. The van der Waals surface area contributed by atoms with Crippen LogP contribution in [0.5, 0.6) is 17.2 Å². The van der Waals surface area contributed by atoms with E-state index in [2.05, 4.69) is 9.31 Å². The molecular weight excluding hydrogens is 446 g/mol. The molecule has 0 spiro atoms. The highest BCUT2D eigenvalue weighted by Crippen LogP contribution is 2.28. The first kappa shape index (κ1) is 22.2. The van der Waals surface area contributed by atoms with Gasteiger partial charge in [-0.2, -0.15) is 13.2 Å². The molecule has 3 aromatic carbocycles. The Morgan fingerprint density at radius 3 is 1.39 bits per heavy atom. The summed E-state index contributed by atoms with van der Waals surface area (Å²) in [5.74, 6) is -19.0. The van der Waals surface area contributed by atoms with Crippen LogP contribution in [-0.2, 0) is 0 Å². The topological polar surface area (TPSA) is 27.7 Å². The van der Waals surface area contributed by atoms with Gasteiger partial charge in [0.05, 0.1) is 0 Å². The SMILES string of the molecule is Fc1cc(F)c(F)c(OB(Oc2cc(F)cc(F)c2F)Oc2ccc(F)c(F)c2F)c1. The van der Waals surface area contributed by atoms with E-state index in [0.717, 1.165) is 0 Å². The molecule has 0 bridgehead atoms. The molecule has 13 heteroatoms. The second kappa shape index (κ2) is 8.70. The summed E-state index contributed by atoms with van der Waals surface area (Å²) in [7, 11) is -2.59. The molecule has 0 saturated heterocycles. The molecule has 0 N–H and O–H groups in total. The first-order valence-electron chi connectivity index (χ1n) is 7.99. The van der Waals surface area contributed by atoms with Crippen molar-refractivity contribution in [2.45, 2.75) is 0 Å². The number of rotatable bonds is 6. The summed E-state index contributed by atoms with van der Waals surface area (Å²) in [5.41, 5.74) is 0. The van der Waals surface area contributed by atoms with E-state index in [4.69, 9.17) is 4.65 Å². The van der Waals surface area contributed by atoms with Crippen LogP contribution in [0.25, 0.3) is 0 Å². The predicted molar refractivity (Wildman–Crippen MR) is 86.6 cm³/mol. The minimum Gasteiger partial charge on any atom is -0.487 e. The Balaban J connectivity index is 2.01. The van der Waals surface area contributed by atoms with E-state index in [9.17, 15) is 39.5 Å². The van der Waals surface area contributed by atoms with Crippen LogP contribution in [0.15, 0.2) is 36.4 Å². The van der Waals surface area contributed by atoms with E-state index in [1.807, 2.05) is 0 Å². The van der Waals surface area contributed by atoms with Gasteiger partial charge in [-0.15, -0.1) is 0 Å². The van der Waals surface area contributed by atoms with Crippen molar-refractivity contribution in [2.24, 2.45) is 0 Å². The van der Waals surface area contributed by atoms with Crippen LogP contribution in [0.3, 0.4) is 0 Å². The fraction of sp³-hybridized carbons (Fsp3) is 0. The van der Waals surface area contributed by atoms with E-state index in [-0.39, 0.29) is 24.3 Å². The van der Waals surface area contributed by atoms with E-state index in [1.54, 1.807) is 0 Å². The summed E-state index contributed by atoms with van der Waals surface area (Å²) in [4.78, 5) is 0. The van der Waals surface area contributed by atoms with Crippen molar-refractivity contribution in [1.29, 1.82) is 0 Å². The van der Waals surface area contributed by atoms with Gasteiger partial charge in [0.15, 0.2) is 34.9 Å². The van der Waals surface area contributed by atoms with E-state index < -0.39 is 76.9 Å². The van der Waals surface area contributed by atoms with Crippen molar-refractivity contribution < 1.29 is 53.5 Å². The molecule has 0 aromatic heterocycles. The summed E-state index contributed by atoms with van der Waals surface area (Å²) in [5, 5.41) is 0. The molecule has 0 unspecified atom stereocenters. The summed E-state index contributed by atoms with van der Waals surface area (Å²) in [6.45, 7) is 0. The standard InChI is InChI=1S/C18H6BF9O3/c20-7-3-10(23)15(25)13(5-7)30-19(29-12-2-1-9(22)17(27)18(12)28)31-14-6-8(21)4-11(24)16(14)26/h1-6H. The average Bonchev–Trinajstić information content (AvgIpc) is 2.69. The van der Waals surface area contributed by atoms with Gasteiger partial charge in [-0.1, -0.05) is 0 Å². The lowest BCUT2D eigenvalue weighted by Crippen LogP contribution is -2.38. The highest BCUT2D eigenvalue weighted by Gasteiger charge is 2.35. The Morgan fingerprint density at radius 2 is 0.903 bits per heavy atom. The number of halogens is 9. The van der Waals surface area contributed by atoms with Crippen LogP contribution >= 0.6 is 0 Å². The molecular formula is C18H6BF9O3. The third-order valence-corrected chi connectivity index (χ3v) is 3.59. The summed E-state index contributed by atoms with van der Waals surface area (Å²) in [6.07, 6.45) is 0. The van der Waals surface area contributed by atoms with Crippen LogP contribution < -0.4 is 14.0 Å². The minimum atomic E-state index is -2.59. The van der Waals surface area contributed by atoms with Gasteiger partial charge >= 0.3 is 7.32 Å². The number of hydrogen-bond acceptors (Lipinski definition) is 3. The first-order valence-corrected chi connectivity index (χ1v) is 7.99. The molecule has 0 radical (unpaired) electrons. The first-order chi connectivity index (χ1) is 14.6. The average molecular weight is 452 g/mol. The Hall–Kier alpha value is -3.51. The van der Waals surface area contributed by atoms with Gasteiger partial charge in [0.2, 0.25) is 5.82 Å². The van der Waals surface area contributed by atoms with Crippen LogP contribution in [0.2, 0.25) is 0 Å². The third-order valence-electron chi connectivity index (χ3n) is 3.59. The monoisotopic (exact) mass is 452 g/mol. The van der Waals surface area contributed by atoms with Gasteiger partial charge in [-0.25, -0.2) is 26.3 Å². The molecule has 0 heterocycles. The van der Waals surface area contributed by atoms with Crippen LogP contribution in [0.1, 0.15) is 0 Å². The largest absolute Gasteiger partial charge is 0.864 e. The van der Waals surface area contributed by atoms with Gasteiger partial charge in [0, 0.05) is 24.3 Å². The normalized spacial score (nSPS) is 10.7. The Morgan fingerprint density at radius 1 is 0.452 bits per heavy atom. The zero-order chi connectivity index (χ0) is 22.9. The highest BCUT2D eigenvalue weighted by atomic mass is 19.2. The Labute approximate surface area is 167 Å². The maximum Gasteiger partial charge on any atom is 0.864 e. The molecule has 0 aliphatic rings. The number of hydrogen-bond donors (Lipinski definition) is 0. The molecule has 0 aliphatic heterocycles. The fourth-order valence-electron chi connectivity index (χ4n) is 2.22. The molecule has 0 amide bonds. The molecule has 31 heavy (non-hydrogen) atoms. The van der Waals surface area contributed by atoms with Gasteiger partial charge < -0.3 is 14.0 Å². The molecule has 3 nitrogen and oxygen atoms in total. The lowest BCUT2D eigenvalue weighted by atomic mass is 10.1. The fourth-order valence-corrected chi connectivity index (χ4v) is 2.22. The second-order valence-corrected chi connectivity index (χ2v) is 5.72. The summed E-state index contributed by atoms with van der Waals surface area (Å²) in [6, 6.07) is 1.74.